The van der Waals surface area contributed by atoms with Crippen molar-refractivity contribution < 1.29 is 0 Å². The minimum Gasteiger partial charge on any atom is -0.330 e. The molecule has 0 saturated carbocycles. The van der Waals surface area contributed by atoms with Crippen LogP contribution in [0.4, 0.5) is 0 Å². The fourth-order valence-corrected chi connectivity index (χ4v) is 1.73. The summed E-state index contributed by atoms with van der Waals surface area (Å²) in [4.78, 5) is 0. The third-order valence-corrected chi connectivity index (χ3v) is 2.49. The Bertz CT molecular complexity index is 280. The van der Waals surface area contributed by atoms with Crippen molar-refractivity contribution in [3.8, 4) is 0 Å². The van der Waals surface area contributed by atoms with Crippen molar-refractivity contribution in [2.75, 3.05) is 6.54 Å². The number of hydrogen-bond acceptors (Lipinski definition) is 3. The molecule has 0 radical (unpaired) electrons. The van der Waals surface area contributed by atoms with Crippen molar-refractivity contribution in [3.05, 3.63) is 12.2 Å². The summed E-state index contributed by atoms with van der Waals surface area (Å²) in [7, 11) is 0. The van der Waals surface area contributed by atoms with Gasteiger partial charge in [-0.1, -0.05) is 20.8 Å². The molecule has 2 N–H and O–H groups in total. The Morgan fingerprint density at radius 2 is 2.13 bits per heavy atom. The number of nitrogens with zero attached hydrogens (tertiary/aromatic N) is 3. The largest absolute Gasteiger partial charge is 0.330 e. The predicted molar refractivity (Wildman–Crippen MR) is 61.6 cm³/mol. The van der Waals surface area contributed by atoms with Crippen LogP contribution in [-0.4, -0.2) is 21.3 Å². The molecule has 1 unspecified atom stereocenters. The van der Waals surface area contributed by atoms with Gasteiger partial charge in [-0.3, -0.25) is 0 Å². The molecule has 0 aromatic carbocycles. The van der Waals surface area contributed by atoms with Crippen molar-refractivity contribution in [1.29, 1.82) is 0 Å². The molecule has 0 aliphatic heterocycles. The minimum absolute atomic E-state index is 0.454. The summed E-state index contributed by atoms with van der Waals surface area (Å²) in [6.45, 7) is 8.34. The molecule has 1 rings (SSSR count). The van der Waals surface area contributed by atoms with Gasteiger partial charge in [0.1, 0.15) is 12.2 Å². The highest BCUT2D eigenvalue weighted by Crippen LogP contribution is 2.18. The van der Waals surface area contributed by atoms with Crippen LogP contribution in [-0.2, 0) is 6.54 Å². The van der Waals surface area contributed by atoms with Gasteiger partial charge in [-0.15, -0.1) is 10.2 Å². The normalized spacial score (nSPS) is 13.4. The van der Waals surface area contributed by atoms with Gasteiger partial charge in [0.2, 0.25) is 0 Å². The molecule has 1 aromatic rings. The Balaban J connectivity index is 2.62. The van der Waals surface area contributed by atoms with E-state index >= 15 is 0 Å². The second kappa shape index (κ2) is 5.85. The highest BCUT2D eigenvalue weighted by molar-refractivity contribution is 4.94. The number of nitrogens with two attached hydrogens (primary N) is 1. The maximum Gasteiger partial charge on any atom is 0.135 e. The van der Waals surface area contributed by atoms with Gasteiger partial charge in [-0.05, 0) is 25.3 Å². The van der Waals surface area contributed by atoms with E-state index in [9.17, 15) is 0 Å². The molecule has 0 spiro atoms. The van der Waals surface area contributed by atoms with Gasteiger partial charge < -0.3 is 10.3 Å². The van der Waals surface area contributed by atoms with Crippen molar-refractivity contribution in [3.63, 3.8) is 0 Å². The number of rotatable bonds is 6. The molecule has 0 aliphatic carbocycles. The van der Waals surface area contributed by atoms with Crippen LogP contribution in [0, 0.1) is 5.92 Å². The summed E-state index contributed by atoms with van der Waals surface area (Å²) in [5.74, 6) is 2.17. The molecule has 4 heteroatoms. The molecule has 1 heterocycles. The smallest absolute Gasteiger partial charge is 0.135 e. The first-order chi connectivity index (χ1) is 7.15. The summed E-state index contributed by atoms with van der Waals surface area (Å²) < 4.78 is 2.16. The van der Waals surface area contributed by atoms with Crippen LogP contribution >= 0.6 is 0 Å². The lowest BCUT2D eigenvalue weighted by molar-refractivity contribution is 0.482. The summed E-state index contributed by atoms with van der Waals surface area (Å²) in [6.07, 6.45) is 3.97. The molecule has 0 bridgehead atoms. The molecule has 86 valence electrons. The van der Waals surface area contributed by atoms with E-state index in [-0.39, 0.29) is 0 Å². The number of hydrogen-bond donors (Lipinski definition) is 1. The fraction of sp³-hybridized carbons (Fsp3) is 0.818. The lowest BCUT2D eigenvalue weighted by atomic mass is 10.0. The van der Waals surface area contributed by atoms with Crippen molar-refractivity contribution in [2.45, 2.75) is 46.1 Å². The number of aromatic nitrogens is 3. The predicted octanol–water partition coefficient (Wildman–Crippen LogP) is 1.78. The van der Waals surface area contributed by atoms with E-state index in [2.05, 4.69) is 35.5 Å². The van der Waals surface area contributed by atoms with E-state index in [0.29, 0.717) is 11.8 Å². The topological polar surface area (TPSA) is 56.7 Å². The first kappa shape index (κ1) is 12.2. The van der Waals surface area contributed by atoms with Crippen LogP contribution in [0.2, 0.25) is 0 Å². The van der Waals surface area contributed by atoms with Gasteiger partial charge in [0.25, 0.3) is 0 Å². The zero-order valence-corrected chi connectivity index (χ0v) is 9.98. The van der Waals surface area contributed by atoms with E-state index in [1.54, 1.807) is 0 Å². The Morgan fingerprint density at radius 3 is 2.73 bits per heavy atom. The molecule has 0 saturated heterocycles. The molecule has 0 amide bonds. The zero-order chi connectivity index (χ0) is 11.3. The summed E-state index contributed by atoms with van der Waals surface area (Å²) >= 11 is 0. The standard InChI is InChI=1S/C11H22N4/c1-9(2)7-15-8-13-14-11(15)10(3)5-4-6-12/h8-10H,4-7,12H2,1-3H3. The third kappa shape index (κ3) is 3.63. The summed E-state index contributed by atoms with van der Waals surface area (Å²) in [5, 5.41) is 8.18. The lowest BCUT2D eigenvalue weighted by Crippen LogP contribution is -2.11. The quantitative estimate of drug-likeness (QED) is 0.778. The first-order valence-corrected chi connectivity index (χ1v) is 5.73. The fourth-order valence-electron chi connectivity index (χ4n) is 1.73. The van der Waals surface area contributed by atoms with Gasteiger partial charge in [0.05, 0.1) is 0 Å². The van der Waals surface area contributed by atoms with Crippen LogP contribution in [0.1, 0.15) is 45.4 Å². The Kier molecular flexibility index (Phi) is 4.75. The molecule has 4 nitrogen and oxygen atoms in total. The Hall–Kier alpha value is -0.900. The maximum atomic E-state index is 5.51. The van der Waals surface area contributed by atoms with E-state index in [4.69, 9.17) is 5.73 Å². The zero-order valence-electron chi connectivity index (χ0n) is 9.98. The average Bonchev–Trinajstić information content (AvgIpc) is 2.61. The Labute approximate surface area is 91.9 Å². The molecule has 1 atom stereocenters. The second-order valence-electron chi connectivity index (χ2n) is 4.57. The van der Waals surface area contributed by atoms with Crippen molar-refractivity contribution in [1.82, 2.24) is 14.8 Å². The van der Waals surface area contributed by atoms with Gasteiger partial charge in [-0.2, -0.15) is 0 Å². The van der Waals surface area contributed by atoms with Crippen molar-refractivity contribution >= 4 is 0 Å². The maximum absolute atomic E-state index is 5.51. The van der Waals surface area contributed by atoms with Crippen LogP contribution in [0.3, 0.4) is 0 Å². The van der Waals surface area contributed by atoms with Gasteiger partial charge in [-0.25, -0.2) is 0 Å². The summed E-state index contributed by atoms with van der Waals surface area (Å²) in [6, 6.07) is 0. The first-order valence-electron chi connectivity index (χ1n) is 5.73. The summed E-state index contributed by atoms with van der Waals surface area (Å²) in [5.41, 5.74) is 5.51. The monoisotopic (exact) mass is 210 g/mol. The molecule has 15 heavy (non-hydrogen) atoms. The molecule has 1 aromatic heterocycles. The third-order valence-electron chi connectivity index (χ3n) is 2.49. The average molecular weight is 210 g/mol. The van der Waals surface area contributed by atoms with Crippen molar-refractivity contribution in [2.24, 2.45) is 11.7 Å². The van der Waals surface area contributed by atoms with E-state index in [1.165, 1.54) is 0 Å². The lowest BCUT2D eigenvalue weighted by Gasteiger charge is -2.13. The van der Waals surface area contributed by atoms with Crippen LogP contribution in [0.15, 0.2) is 6.33 Å². The SMILES string of the molecule is CC(C)Cn1cnnc1C(C)CCCN. The van der Waals surface area contributed by atoms with Crippen LogP contribution in [0.25, 0.3) is 0 Å². The highest BCUT2D eigenvalue weighted by atomic mass is 15.3. The Morgan fingerprint density at radius 1 is 1.40 bits per heavy atom. The van der Waals surface area contributed by atoms with Gasteiger partial charge in [0.15, 0.2) is 0 Å². The molecular weight excluding hydrogens is 188 g/mol. The molecular formula is C11H22N4. The van der Waals surface area contributed by atoms with Crippen LogP contribution in [0.5, 0.6) is 0 Å². The minimum atomic E-state index is 0.454. The van der Waals surface area contributed by atoms with E-state index in [1.807, 2.05) is 6.33 Å². The van der Waals surface area contributed by atoms with E-state index in [0.717, 1.165) is 31.8 Å². The molecule has 0 aliphatic rings. The van der Waals surface area contributed by atoms with Gasteiger partial charge in [0, 0.05) is 12.5 Å². The van der Waals surface area contributed by atoms with Gasteiger partial charge >= 0.3 is 0 Å². The second-order valence-corrected chi connectivity index (χ2v) is 4.57. The van der Waals surface area contributed by atoms with E-state index < -0.39 is 0 Å². The highest BCUT2D eigenvalue weighted by Gasteiger charge is 2.13. The molecule has 0 fully saturated rings. The van der Waals surface area contributed by atoms with Crippen LogP contribution < -0.4 is 5.73 Å².